The number of aromatic carboxylic acids is 1. The maximum atomic E-state index is 13.1. The van der Waals surface area contributed by atoms with Crippen molar-refractivity contribution in [2.75, 3.05) is 0 Å². The van der Waals surface area contributed by atoms with Crippen LogP contribution >= 0.6 is 0 Å². The van der Waals surface area contributed by atoms with Gasteiger partial charge in [-0.15, -0.1) is 0 Å². The van der Waals surface area contributed by atoms with Crippen LogP contribution in [0.1, 0.15) is 40.2 Å². The van der Waals surface area contributed by atoms with E-state index in [1.54, 1.807) is 0 Å². The highest BCUT2D eigenvalue weighted by atomic mass is 16.4. The Hall–Kier alpha value is -5.09. The summed E-state index contributed by atoms with van der Waals surface area (Å²) in [4.78, 5) is 13.1. The molecule has 0 saturated heterocycles. The zero-order chi connectivity index (χ0) is 28.8. The molecule has 2 aromatic heterocycles. The van der Waals surface area contributed by atoms with Crippen molar-refractivity contribution < 1.29 is 9.90 Å². The van der Waals surface area contributed by atoms with E-state index in [9.17, 15) is 9.90 Å². The quantitative estimate of drug-likeness (QED) is 0.219. The summed E-state index contributed by atoms with van der Waals surface area (Å²) < 4.78 is 4.69. The van der Waals surface area contributed by atoms with Gasteiger partial charge in [-0.2, -0.15) is 0 Å². The Morgan fingerprint density at radius 1 is 0.674 bits per heavy atom. The van der Waals surface area contributed by atoms with E-state index in [0.717, 1.165) is 51.8 Å². The van der Waals surface area contributed by atoms with Gasteiger partial charge >= 0.3 is 5.97 Å². The fourth-order valence-corrected chi connectivity index (χ4v) is 8.29. The van der Waals surface area contributed by atoms with E-state index in [1.807, 2.05) is 13.0 Å². The number of allylic oxidation sites excluding steroid dienone is 2. The van der Waals surface area contributed by atoms with Gasteiger partial charge in [0.05, 0.1) is 39.0 Å². The molecule has 3 atom stereocenters. The van der Waals surface area contributed by atoms with Crippen LogP contribution in [0.3, 0.4) is 0 Å². The van der Waals surface area contributed by atoms with Crippen molar-refractivity contribution in [2.24, 2.45) is 11.8 Å². The molecule has 2 aliphatic carbocycles. The molecule has 2 heterocycles. The van der Waals surface area contributed by atoms with Crippen LogP contribution < -0.4 is 0 Å². The number of hydrogen-bond acceptors (Lipinski definition) is 1. The van der Waals surface area contributed by atoms with Gasteiger partial charge in [0.25, 0.3) is 0 Å². The third kappa shape index (κ3) is 3.35. The molecule has 2 bridgehead atoms. The summed E-state index contributed by atoms with van der Waals surface area (Å²) in [5.74, 6) is 0.368. The number of carbonyl (C=O) groups is 1. The predicted octanol–water partition coefficient (Wildman–Crippen LogP) is 9.57. The summed E-state index contributed by atoms with van der Waals surface area (Å²) in [6, 6.07) is 36.0. The lowest BCUT2D eigenvalue weighted by Crippen LogP contribution is -2.17. The van der Waals surface area contributed by atoms with E-state index in [2.05, 4.69) is 118 Å². The molecule has 4 nitrogen and oxygen atoms in total. The van der Waals surface area contributed by atoms with E-state index in [4.69, 9.17) is 0 Å². The second-order valence-electron chi connectivity index (χ2n) is 12.3. The summed E-state index contributed by atoms with van der Waals surface area (Å²) in [7, 11) is 0. The standard InChI is InChI=1S/C39H30N2O2/c1-23-30(39(42)43)22-36(40-32-14-6-2-10-26(32)27-11-3-7-15-33(27)40)37(31-21-24-18-19-25(31)20-24)38(23)41-34-16-8-4-12-28(34)29-13-5-9-17-35(29)41/h2-19,22,24-25,31H,20-21H2,1H3,(H,42,43). The topological polar surface area (TPSA) is 47.2 Å². The van der Waals surface area contributed by atoms with Gasteiger partial charge in [0.2, 0.25) is 0 Å². The van der Waals surface area contributed by atoms with Crippen LogP contribution in [0.4, 0.5) is 0 Å². The number of hydrogen-bond donors (Lipinski definition) is 1. The van der Waals surface area contributed by atoms with E-state index in [-0.39, 0.29) is 5.92 Å². The van der Waals surface area contributed by atoms with E-state index < -0.39 is 5.97 Å². The smallest absolute Gasteiger partial charge is 0.336 e. The van der Waals surface area contributed by atoms with E-state index in [0.29, 0.717) is 17.4 Å². The summed E-state index contributed by atoms with van der Waals surface area (Å²) in [5, 5.41) is 15.4. The van der Waals surface area contributed by atoms with Gasteiger partial charge in [0, 0.05) is 27.1 Å². The normalized spacial score (nSPS) is 19.4. The van der Waals surface area contributed by atoms with Gasteiger partial charge in [-0.25, -0.2) is 4.79 Å². The number of rotatable bonds is 4. The molecule has 43 heavy (non-hydrogen) atoms. The largest absolute Gasteiger partial charge is 0.478 e. The molecular weight excluding hydrogens is 528 g/mol. The van der Waals surface area contributed by atoms with Gasteiger partial charge in [0.1, 0.15) is 0 Å². The van der Waals surface area contributed by atoms with Crippen LogP contribution in [-0.4, -0.2) is 20.2 Å². The Morgan fingerprint density at radius 3 is 1.60 bits per heavy atom. The highest BCUT2D eigenvalue weighted by Gasteiger charge is 2.41. The fourth-order valence-electron chi connectivity index (χ4n) is 8.29. The second-order valence-corrected chi connectivity index (χ2v) is 12.3. The predicted molar refractivity (Wildman–Crippen MR) is 175 cm³/mol. The maximum Gasteiger partial charge on any atom is 0.336 e. The van der Waals surface area contributed by atoms with Crippen molar-refractivity contribution in [1.29, 1.82) is 0 Å². The fraction of sp³-hybridized carbons (Fsp3) is 0.154. The number of para-hydroxylation sites is 4. The van der Waals surface area contributed by atoms with Gasteiger partial charge in [0.15, 0.2) is 0 Å². The zero-order valence-corrected chi connectivity index (χ0v) is 23.9. The molecule has 9 rings (SSSR count). The van der Waals surface area contributed by atoms with Crippen molar-refractivity contribution in [3.8, 4) is 11.4 Å². The summed E-state index contributed by atoms with van der Waals surface area (Å²) in [6.07, 6.45) is 7.02. The summed E-state index contributed by atoms with van der Waals surface area (Å²) in [5.41, 5.74) is 8.78. The van der Waals surface area contributed by atoms with Crippen LogP contribution in [0, 0.1) is 18.8 Å². The molecule has 3 unspecified atom stereocenters. The van der Waals surface area contributed by atoms with Crippen LogP contribution in [0.5, 0.6) is 0 Å². The molecule has 0 spiro atoms. The molecule has 1 N–H and O–H groups in total. The highest BCUT2D eigenvalue weighted by molar-refractivity contribution is 6.11. The molecule has 1 fully saturated rings. The minimum Gasteiger partial charge on any atom is -0.478 e. The number of nitrogens with zero attached hydrogens (tertiary/aromatic N) is 2. The highest BCUT2D eigenvalue weighted by Crippen LogP contribution is 2.53. The van der Waals surface area contributed by atoms with Gasteiger partial charge in [-0.05, 0) is 73.4 Å². The van der Waals surface area contributed by atoms with Crippen molar-refractivity contribution in [3.05, 3.63) is 132 Å². The first-order valence-corrected chi connectivity index (χ1v) is 15.2. The SMILES string of the molecule is Cc1c(C(=O)O)cc(-n2c3ccccc3c3ccccc32)c(C2CC3C=CC2C3)c1-n1c2ccccc2c2ccccc21. The number of carboxylic acids is 1. The third-order valence-electron chi connectivity index (χ3n) is 10.1. The van der Waals surface area contributed by atoms with Crippen LogP contribution in [0.15, 0.2) is 115 Å². The first-order chi connectivity index (χ1) is 21.1. The lowest BCUT2D eigenvalue weighted by atomic mass is 9.82. The van der Waals surface area contributed by atoms with Crippen molar-refractivity contribution in [2.45, 2.75) is 25.7 Å². The molecule has 7 aromatic rings. The average molecular weight is 559 g/mol. The minimum absolute atomic E-state index is 0.279. The van der Waals surface area contributed by atoms with E-state index in [1.165, 1.54) is 27.1 Å². The molecule has 0 aliphatic heterocycles. The van der Waals surface area contributed by atoms with Gasteiger partial charge < -0.3 is 14.2 Å². The molecule has 0 amide bonds. The summed E-state index contributed by atoms with van der Waals surface area (Å²) >= 11 is 0. The Morgan fingerprint density at radius 2 is 1.16 bits per heavy atom. The number of benzene rings is 5. The number of fused-ring (bicyclic) bond motifs is 8. The Balaban J connectivity index is 1.51. The van der Waals surface area contributed by atoms with Gasteiger partial charge in [-0.1, -0.05) is 84.9 Å². The Bertz CT molecular complexity index is 2210. The average Bonchev–Trinajstić information content (AvgIpc) is 3.81. The van der Waals surface area contributed by atoms with Crippen molar-refractivity contribution in [3.63, 3.8) is 0 Å². The van der Waals surface area contributed by atoms with E-state index >= 15 is 0 Å². The Labute approximate surface area is 249 Å². The first-order valence-electron chi connectivity index (χ1n) is 15.2. The van der Waals surface area contributed by atoms with Gasteiger partial charge in [-0.3, -0.25) is 0 Å². The van der Waals surface area contributed by atoms with Crippen LogP contribution in [-0.2, 0) is 0 Å². The lowest BCUT2D eigenvalue weighted by Gasteiger charge is -2.29. The lowest BCUT2D eigenvalue weighted by molar-refractivity contribution is 0.0696. The van der Waals surface area contributed by atoms with Crippen molar-refractivity contribution in [1.82, 2.24) is 9.13 Å². The molecule has 5 aromatic carbocycles. The second kappa shape index (κ2) is 8.95. The molecule has 208 valence electrons. The van der Waals surface area contributed by atoms with Crippen LogP contribution in [0.2, 0.25) is 0 Å². The molecule has 2 aliphatic rings. The minimum atomic E-state index is -0.902. The first kappa shape index (κ1) is 24.5. The summed E-state index contributed by atoms with van der Waals surface area (Å²) in [6.45, 7) is 2.00. The van der Waals surface area contributed by atoms with Crippen molar-refractivity contribution >= 4 is 49.6 Å². The zero-order valence-electron chi connectivity index (χ0n) is 23.9. The molecule has 0 radical (unpaired) electrons. The molecule has 1 saturated carbocycles. The number of aromatic nitrogens is 2. The third-order valence-corrected chi connectivity index (χ3v) is 10.1. The monoisotopic (exact) mass is 558 g/mol. The molecular formula is C39H30N2O2. The van der Waals surface area contributed by atoms with Crippen LogP contribution in [0.25, 0.3) is 55.0 Å². The Kier molecular flexibility index (Phi) is 5.10. The maximum absolute atomic E-state index is 13.1. The number of carboxylic acid groups (broad SMARTS) is 1. The molecule has 4 heteroatoms.